The van der Waals surface area contributed by atoms with Crippen LogP contribution in [0.4, 0.5) is 5.69 Å². The van der Waals surface area contributed by atoms with Gasteiger partial charge in [-0.2, -0.15) is 16.9 Å². The molecule has 1 aliphatic carbocycles. The number of rotatable bonds is 7. The van der Waals surface area contributed by atoms with Crippen LogP contribution in [0.25, 0.3) is 11.4 Å². The number of halogens is 1. The van der Waals surface area contributed by atoms with E-state index in [4.69, 9.17) is 5.73 Å². The van der Waals surface area contributed by atoms with Crippen LogP contribution in [0.1, 0.15) is 31.0 Å². The van der Waals surface area contributed by atoms with E-state index in [1.807, 2.05) is 30.5 Å². The van der Waals surface area contributed by atoms with Gasteiger partial charge >= 0.3 is 0 Å². The number of hydrogen-bond acceptors (Lipinski definition) is 5. The standard InChI is InChI=1S/C16H21N5OS.ClH/c1-23-8-7-13(17)16(22)18-12-4-2-3-11(9-12)15-19-14(20-21-15)10-5-6-10;/h2-4,9-10,13H,5-8,17H2,1H3,(H,18,22)(H,19,20,21);1H/t13-;/m0./s1. The van der Waals surface area contributed by atoms with E-state index < -0.39 is 6.04 Å². The molecule has 8 heteroatoms. The number of nitrogens with one attached hydrogen (secondary N) is 2. The van der Waals surface area contributed by atoms with Crippen molar-refractivity contribution in [3.63, 3.8) is 0 Å². The van der Waals surface area contributed by atoms with Crippen molar-refractivity contribution in [2.45, 2.75) is 31.2 Å². The molecule has 3 rings (SSSR count). The minimum absolute atomic E-state index is 0. The van der Waals surface area contributed by atoms with Crippen LogP contribution in [0.3, 0.4) is 0 Å². The van der Waals surface area contributed by atoms with Gasteiger partial charge in [-0.1, -0.05) is 12.1 Å². The molecule has 0 unspecified atom stereocenters. The number of aromatic amines is 1. The first-order chi connectivity index (χ1) is 11.2. The third-order valence-electron chi connectivity index (χ3n) is 3.82. The number of benzene rings is 1. The van der Waals surface area contributed by atoms with Gasteiger partial charge in [0, 0.05) is 17.2 Å². The molecule has 0 radical (unpaired) electrons. The summed E-state index contributed by atoms with van der Waals surface area (Å²) in [6, 6.07) is 7.04. The molecule has 1 amide bonds. The molecule has 1 atom stereocenters. The quantitative estimate of drug-likeness (QED) is 0.699. The molecule has 1 heterocycles. The summed E-state index contributed by atoms with van der Waals surface area (Å²) in [6.07, 6.45) is 5.02. The van der Waals surface area contributed by atoms with Crippen molar-refractivity contribution in [1.82, 2.24) is 15.2 Å². The van der Waals surface area contributed by atoms with Crippen LogP contribution in [0.15, 0.2) is 24.3 Å². The van der Waals surface area contributed by atoms with Gasteiger partial charge in [-0.15, -0.1) is 12.4 Å². The highest BCUT2D eigenvalue weighted by molar-refractivity contribution is 7.98. The molecule has 1 fully saturated rings. The minimum Gasteiger partial charge on any atom is -0.325 e. The van der Waals surface area contributed by atoms with Gasteiger partial charge in [0.15, 0.2) is 5.82 Å². The Balaban J connectivity index is 0.00000208. The van der Waals surface area contributed by atoms with E-state index in [0.29, 0.717) is 23.9 Å². The summed E-state index contributed by atoms with van der Waals surface area (Å²) in [4.78, 5) is 16.6. The Morgan fingerprint density at radius 3 is 3.00 bits per heavy atom. The topological polar surface area (TPSA) is 96.7 Å². The van der Waals surface area contributed by atoms with Crippen molar-refractivity contribution in [2.75, 3.05) is 17.3 Å². The zero-order valence-electron chi connectivity index (χ0n) is 13.5. The van der Waals surface area contributed by atoms with Gasteiger partial charge in [-0.3, -0.25) is 9.89 Å². The van der Waals surface area contributed by atoms with Crippen LogP contribution in [-0.4, -0.2) is 39.1 Å². The molecule has 1 aliphatic rings. The van der Waals surface area contributed by atoms with E-state index in [2.05, 4.69) is 20.5 Å². The van der Waals surface area contributed by atoms with E-state index in [1.165, 1.54) is 12.8 Å². The predicted molar refractivity (Wildman–Crippen MR) is 101 cm³/mol. The zero-order chi connectivity index (χ0) is 16.2. The molecule has 1 saturated carbocycles. The first-order valence-electron chi connectivity index (χ1n) is 7.75. The number of aromatic nitrogens is 3. The van der Waals surface area contributed by atoms with E-state index in [9.17, 15) is 4.79 Å². The lowest BCUT2D eigenvalue weighted by Crippen LogP contribution is -2.36. The molecule has 6 nitrogen and oxygen atoms in total. The molecule has 0 aliphatic heterocycles. The summed E-state index contributed by atoms with van der Waals surface area (Å²) < 4.78 is 0. The van der Waals surface area contributed by atoms with Gasteiger partial charge in [-0.05, 0) is 43.4 Å². The molecule has 130 valence electrons. The SMILES string of the molecule is CSCC[C@H](N)C(=O)Nc1cccc(-c2n[nH]c(C3CC3)n2)c1.Cl. The summed E-state index contributed by atoms with van der Waals surface area (Å²) in [5, 5.41) is 10.1. The number of amides is 1. The maximum atomic E-state index is 12.1. The van der Waals surface area contributed by atoms with Crippen LogP contribution in [-0.2, 0) is 4.79 Å². The molecule has 0 spiro atoms. The number of nitrogens with two attached hydrogens (primary N) is 1. The Kier molecular flexibility index (Phi) is 6.65. The largest absolute Gasteiger partial charge is 0.325 e. The lowest BCUT2D eigenvalue weighted by atomic mass is 10.1. The second kappa shape index (κ2) is 8.50. The van der Waals surface area contributed by atoms with Crippen LogP contribution >= 0.6 is 24.2 Å². The summed E-state index contributed by atoms with van der Waals surface area (Å²) >= 11 is 1.68. The molecule has 24 heavy (non-hydrogen) atoms. The lowest BCUT2D eigenvalue weighted by Gasteiger charge is -2.12. The summed E-state index contributed by atoms with van der Waals surface area (Å²) in [5.74, 6) is 2.86. The summed E-state index contributed by atoms with van der Waals surface area (Å²) in [5.41, 5.74) is 7.48. The highest BCUT2D eigenvalue weighted by Crippen LogP contribution is 2.38. The number of carbonyl (C=O) groups excluding carboxylic acids is 1. The Morgan fingerprint density at radius 2 is 2.29 bits per heavy atom. The van der Waals surface area contributed by atoms with Gasteiger partial charge < -0.3 is 11.1 Å². The molecule has 1 aromatic heterocycles. The molecule has 0 bridgehead atoms. The molecular formula is C16H22ClN5OS. The monoisotopic (exact) mass is 367 g/mol. The van der Waals surface area contributed by atoms with Crippen molar-refractivity contribution in [1.29, 1.82) is 0 Å². The number of thioether (sulfide) groups is 1. The fourth-order valence-corrected chi connectivity index (χ4v) is 2.78. The Bertz CT molecular complexity index is 689. The summed E-state index contributed by atoms with van der Waals surface area (Å²) in [7, 11) is 0. The number of carbonyl (C=O) groups is 1. The first kappa shape index (κ1) is 18.8. The van der Waals surface area contributed by atoms with E-state index in [-0.39, 0.29) is 18.3 Å². The number of hydrogen-bond donors (Lipinski definition) is 3. The fourth-order valence-electron chi connectivity index (χ4n) is 2.29. The number of anilines is 1. The van der Waals surface area contributed by atoms with Crippen molar-refractivity contribution in [3.8, 4) is 11.4 Å². The second-order valence-electron chi connectivity index (χ2n) is 5.78. The van der Waals surface area contributed by atoms with E-state index >= 15 is 0 Å². The molecule has 1 aromatic carbocycles. The minimum atomic E-state index is -0.490. The normalized spacial score (nSPS) is 14.8. The third-order valence-corrected chi connectivity index (χ3v) is 4.47. The predicted octanol–water partition coefficient (Wildman–Crippen LogP) is 2.79. The van der Waals surface area contributed by atoms with Crippen molar-refractivity contribution in [2.24, 2.45) is 5.73 Å². The van der Waals surface area contributed by atoms with Gasteiger partial charge in [0.2, 0.25) is 5.91 Å². The van der Waals surface area contributed by atoms with Gasteiger partial charge in [-0.25, -0.2) is 4.98 Å². The average Bonchev–Trinajstić information content (AvgIpc) is 3.30. The van der Waals surface area contributed by atoms with Gasteiger partial charge in [0.1, 0.15) is 5.82 Å². The zero-order valence-corrected chi connectivity index (χ0v) is 15.1. The maximum Gasteiger partial charge on any atom is 0.241 e. The van der Waals surface area contributed by atoms with E-state index in [1.54, 1.807) is 11.8 Å². The van der Waals surface area contributed by atoms with Crippen molar-refractivity contribution in [3.05, 3.63) is 30.1 Å². The highest BCUT2D eigenvalue weighted by atomic mass is 35.5. The molecule has 2 aromatic rings. The first-order valence-corrected chi connectivity index (χ1v) is 9.15. The van der Waals surface area contributed by atoms with Crippen LogP contribution in [0.2, 0.25) is 0 Å². The van der Waals surface area contributed by atoms with Crippen LogP contribution < -0.4 is 11.1 Å². The van der Waals surface area contributed by atoms with Crippen molar-refractivity contribution < 1.29 is 4.79 Å². The fraction of sp³-hybridized carbons (Fsp3) is 0.438. The molecule has 0 saturated heterocycles. The van der Waals surface area contributed by atoms with Crippen LogP contribution in [0.5, 0.6) is 0 Å². The van der Waals surface area contributed by atoms with E-state index in [0.717, 1.165) is 17.1 Å². The van der Waals surface area contributed by atoms with Gasteiger partial charge in [0.25, 0.3) is 0 Å². The van der Waals surface area contributed by atoms with Crippen molar-refractivity contribution >= 4 is 35.8 Å². The molecular weight excluding hydrogens is 346 g/mol. The smallest absolute Gasteiger partial charge is 0.241 e. The second-order valence-corrected chi connectivity index (χ2v) is 6.76. The summed E-state index contributed by atoms with van der Waals surface area (Å²) in [6.45, 7) is 0. The Hall–Kier alpha value is -1.57. The van der Waals surface area contributed by atoms with Gasteiger partial charge in [0.05, 0.1) is 6.04 Å². The maximum absolute atomic E-state index is 12.1. The lowest BCUT2D eigenvalue weighted by molar-refractivity contribution is -0.117. The number of nitrogens with zero attached hydrogens (tertiary/aromatic N) is 2. The number of H-pyrrole nitrogens is 1. The Morgan fingerprint density at radius 1 is 1.50 bits per heavy atom. The average molecular weight is 368 g/mol. The van der Waals surface area contributed by atoms with Crippen LogP contribution in [0, 0.1) is 0 Å². The molecule has 4 N–H and O–H groups in total. The Labute approximate surface area is 151 Å². The highest BCUT2D eigenvalue weighted by Gasteiger charge is 2.27. The third kappa shape index (κ3) is 4.72.